The van der Waals surface area contributed by atoms with E-state index in [4.69, 9.17) is 0 Å². The summed E-state index contributed by atoms with van der Waals surface area (Å²) in [5.74, 6) is 0.356. The highest BCUT2D eigenvalue weighted by atomic mass is 16.3. The van der Waals surface area contributed by atoms with Crippen LogP contribution in [0.2, 0.25) is 0 Å². The molecule has 0 saturated heterocycles. The lowest BCUT2D eigenvalue weighted by Crippen LogP contribution is -2.08. The molecule has 1 unspecified atom stereocenters. The minimum Gasteiger partial charge on any atom is -0.508 e. The van der Waals surface area contributed by atoms with E-state index in [1.165, 1.54) is 17.5 Å². The second-order valence-electron chi connectivity index (χ2n) is 5.81. The zero-order chi connectivity index (χ0) is 15.4. The van der Waals surface area contributed by atoms with E-state index < -0.39 is 0 Å². The van der Waals surface area contributed by atoms with E-state index >= 15 is 0 Å². The Kier molecular flexibility index (Phi) is 4.89. The third-order valence-electron chi connectivity index (χ3n) is 3.93. The van der Waals surface area contributed by atoms with Crippen LogP contribution in [0.25, 0.3) is 0 Å². The summed E-state index contributed by atoms with van der Waals surface area (Å²) in [5.41, 5.74) is 5.71. The van der Waals surface area contributed by atoms with E-state index in [0.717, 1.165) is 23.2 Å². The van der Waals surface area contributed by atoms with Gasteiger partial charge in [-0.1, -0.05) is 37.6 Å². The number of aromatic hydroxyl groups is 1. The highest BCUT2D eigenvalue weighted by Crippen LogP contribution is 2.28. The Hall–Kier alpha value is -1.96. The fraction of sp³-hybridized carbons (Fsp3) is 0.368. The van der Waals surface area contributed by atoms with Crippen LogP contribution in [-0.4, -0.2) is 5.11 Å². The topological polar surface area (TPSA) is 32.3 Å². The van der Waals surface area contributed by atoms with E-state index in [9.17, 15) is 5.11 Å². The largest absolute Gasteiger partial charge is 0.508 e. The first-order valence-electron chi connectivity index (χ1n) is 7.67. The van der Waals surface area contributed by atoms with Gasteiger partial charge in [0.1, 0.15) is 5.75 Å². The van der Waals surface area contributed by atoms with Crippen LogP contribution in [0.4, 0.5) is 5.69 Å². The first-order valence-corrected chi connectivity index (χ1v) is 7.67. The lowest BCUT2D eigenvalue weighted by molar-refractivity contribution is 0.470. The van der Waals surface area contributed by atoms with Crippen LogP contribution in [0, 0.1) is 13.8 Å². The van der Waals surface area contributed by atoms with Crippen molar-refractivity contribution in [3.05, 3.63) is 58.7 Å². The normalized spacial score (nSPS) is 12.2. The molecule has 0 heterocycles. The van der Waals surface area contributed by atoms with Gasteiger partial charge >= 0.3 is 0 Å². The second kappa shape index (κ2) is 6.66. The van der Waals surface area contributed by atoms with E-state index in [-0.39, 0.29) is 6.04 Å². The molecule has 0 aromatic heterocycles. The maximum absolute atomic E-state index is 9.73. The Balaban J connectivity index is 2.14. The monoisotopic (exact) mass is 283 g/mol. The van der Waals surface area contributed by atoms with Crippen molar-refractivity contribution in [1.29, 1.82) is 0 Å². The van der Waals surface area contributed by atoms with Crippen LogP contribution in [0.1, 0.15) is 48.6 Å². The number of hydrogen-bond acceptors (Lipinski definition) is 2. The molecule has 0 fully saturated rings. The van der Waals surface area contributed by atoms with Crippen molar-refractivity contribution in [2.75, 3.05) is 5.32 Å². The summed E-state index contributed by atoms with van der Waals surface area (Å²) in [6.07, 6.45) is 2.32. The van der Waals surface area contributed by atoms with Gasteiger partial charge in [0.15, 0.2) is 0 Å². The van der Waals surface area contributed by atoms with Gasteiger partial charge in [-0.15, -0.1) is 0 Å². The standard InChI is InChI=1S/C19H25NO/c1-5-6-16-7-9-17(10-8-16)15(4)20-18-11-14(3)19(21)12-13(18)2/h7-12,15,20-21H,5-6H2,1-4H3. The minimum atomic E-state index is 0.239. The molecule has 2 N–H and O–H groups in total. The van der Waals surface area contributed by atoms with Crippen molar-refractivity contribution in [2.24, 2.45) is 0 Å². The maximum atomic E-state index is 9.73. The van der Waals surface area contributed by atoms with Gasteiger partial charge in [-0.2, -0.15) is 0 Å². The van der Waals surface area contributed by atoms with Crippen LogP contribution in [0.3, 0.4) is 0 Å². The Morgan fingerprint density at radius 2 is 1.71 bits per heavy atom. The molecule has 21 heavy (non-hydrogen) atoms. The Bertz CT molecular complexity index is 602. The predicted molar refractivity (Wildman–Crippen MR) is 90.1 cm³/mol. The number of phenolic OH excluding ortho intramolecular Hbond substituents is 1. The van der Waals surface area contributed by atoms with Gasteiger partial charge in [0.25, 0.3) is 0 Å². The average Bonchev–Trinajstić information content (AvgIpc) is 2.46. The van der Waals surface area contributed by atoms with Gasteiger partial charge in [0.2, 0.25) is 0 Å². The number of aryl methyl sites for hydroxylation is 3. The van der Waals surface area contributed by atoms with Crippen LogP contribution in [0.15, 0.2) is 36.4 Å². The quantitative estimate of drug-likeness (QED) is 0.745. The smallest absolute Gasteiger partial charge is 0.118 e. The molecule has 2 aromatic carbocycles. The molecule has 0 saturated carbocycles. The SMILES string of the molecule is CCCc1ccc(C(C)Nc2cc(C)c(O)cc2C)cc1. The zero-order valence-electron chi connectivity index (χ0n) is 13.4. The zero-order valence-corrected chi connectivity index (χ0v) is 13.4. The predicted octanol–water partition coefficient (Wildman–Crippen LogP) is 5.13. The summed E-state index contributed by atoms with van der Waals surface area (Å²) in [6.45, 7) is 8.30. The molecule has 2 aromatic rings. The Morgan fingerprint density at radius 1 is 1.05 bits per heavy atom. The van der Waals surface area contributed by atoms with Gasteiger partial charge < -0.3 is 10.4 Å². The molecule has 0 aliphatic rings. The van der Waals surface area contributed by atoms with Crippen molar-refractivity contribution >= 4 is 5.69 Å². The third kappa shape index (κ3) is 3.78. The molecule has 2 nitrogen and oxygen atoms in total. The first-order chi connectivity index (χ1) is 10.0. The van der Waals surface area contributed by atoms with E-state index in [1.54, 1.807) is 0 Å². The van der Waals surface area contributed by atoms with E-state index in [1.807, 2.05) is 26.0 Å². The number of benzene rings is 2. The van der Waals surface area contributed by atoms with Crippen molar-refractivity contribution in [3.63, 3.8) is 0 Å². The number of nitrogens with one attached hydrogen (secondary N) is 1. The van der Waals surface area contributed by atoms with Crippen molar-refractivity contribution in [1.82, 2.24) is 0 Å². The molecular formula is C19H25NO. The lowest BCUT2D eigenvalue weighted by atomic mass is 10.0. The van der Waals surface area contributed by atoms with E-state index in [2.05, 4.69) is 43.4 Å². The second-order valence-corrected chi connectivity index (χ2v) is 5.81. The van der Waals surface area contributed by atoms with Crippen molar-refractivity contribution in [2.45, 2.75) is 46.6 Å². The summed E-state index contributed by atoms with van der Waals surface area (Å²) >= 11 is 0. The minimum absolute atomic E-state index is 0.239. The molecule has 0 bridgehead atoms. The highest BCUT2D eigenvalue weighted by molar-refractivity contribution is 5.57. The fourth-order valence-corrected chi connectivity index (χ4v) is 2.53. The molecule has 0 aliphatic carbocycles. The van der Waals surface area contributed by atoms with E-state index in [0.29, 0.717) is 5.75 Å². The Morgan fingerprint density at radius 3 is 2.33 bits per heavy atom. The van der Waals surface area contributed by atoms with Crippen LogP contribution in [-0.2, 0) is 6.42 Å². The molecule has 112 valence electrons. The van der Waals surface area contributed by atoms with Crippen LogP contribution < -0.4 is 5.32 Å². The maximum Gasteiger partial charge on any atom is 0.118 e. The van der Waals surface area contributed by atoms with Crippen LogP contribution in [0.5, 0.6) is 5.75 Å². The Labute approximate surface area is 127 Å². The summed E-state index contributed by atoms with van der Waals surface area (Å²) in [6, 6.07) is 12.9. The number of phenols is 1. The van der Waals surface area contributed by atoms with Crippen LogP contribution >= 0.6 is 0 Å². The third-order valence-corrected chi connectivity index (χ3v) is 3.93. The summed E-state index contributed by atoms with van der Waals surface area (Å²) < 4.78 is 0. The molecule has 0 amide bonds. The number of anilines is 1. The summed E-state index contributed by atoms with van der Waals surface area (Å²) in [4.78, 5) is 0. The van der Waals surface area contributed by atoms with Crippen molar-refractivity contribution < 1.29 is 5.11 Å². The highest BCUT2D eigenvalue weighted by Gasteiger charge is 2.09. The average molecular weight is 283 g/mol. The molecule has 0 spiro atoms. The first kappa shape index (κ1) is 15.4. The van der Waals surface area contributed by atoms with Gasteiger partial charge in [0.05, 0.1) is 0 Å². The molecule has 1 atom stereocenters. The molecule has 2 heteroatoms. The van der Waals surface area contributed by atoms with Gasteiger partial charge in [0, 0.05) is 11.7 Å². The van der Waals surface area contributed by atoms with Gasteiger partial charge in [-0.05, 0) is 61.6 Å². The van der Waals surface area contributed by atoms with Crippen molar-refractivity contribution in [3.8, 4) is 5.75 Å². The summed E-state index contributed by atoms with van der Waals surface area (Å²) in [5, 5.41) is 13.3. The number of hydrogen-bond donors (Lipinski definition) is 2. The number of rotatable bonds is 5. The lowest BCUT2D eigenvalue weighted by Gasteiger charge is -2.19. The summed E-state index contributed by atoms with van der Waals surface area (Å²) in [7, 11) is 0. The van der Waals surface area contributed by atoms with Gasteiger partial charge in [-0.25, -0.2) is 0 Å². The molecule has 0 radical (unpaired) electrons. The molecule has 2 rings (SSSR count). The fourth-order valence-electron chi connectivity index (χ4n) is 2.53. The molecular weight excluding hydrogens is 258 g/mol. The molecule has 0 aliphatic heterocycles. The van der Waals surface area contributed by atoms with Gasteiger partial charge in [-0.3, -0.25) is 0 Å².